The highest BCUT2D eigenvalue weighted by atomic mass is 16.6. The zero-order valence-corrected chi connectivity index (χ0v) is 19.8. The van der Waals surface area contributed by atoms with Gasteiger partial charge in [0.15, 0.2) is 0 Å². The minimum atomic E-state index is -0.336. The molecule has 4 heteroatoms. The number of fused-ring (bicyclic) bond motifs is 2. The van der Waals surface area contributed by atoms with E-state index in [1.807, 2.05) is 24.3 Å². The largest absolute Gasteiger partial charge is 0.465 e. The Morgan fingerprint density at radius 2 is 1.28 bits per heavy atom. The number of ether oxygens (including phenoxy) is 1. The van der Waals surface area contributed by atoms with Gasteiger partial charge in [-0.2, -0.15) is 0 Å². The molecule has 3 aromatic carbocycles. The Morgan fingerprint density at radius 3 is 1.91 bits per heavy atom. The fourth-order valence-corrected chi connectivity index (χ4v) is 4.74. The molecule has 0 heterocycles. The van der Waals surface area contributed by atoms with Gasteiger partial charge in [0.1, 0.15) is 12.8 Å². The molecule has 3 aromatic rings. The number of hydrogen-bond donors (Lipinski definition) is 0. The second-order valence-corrected chi connectivity index (χ2v) is 9.92. The minimum Gasteiger partial charge on any atom is -0.465 e. The maximum atomic E-state index is 11.9. The number of nitrogens with zero attached hydrogens (tertiary/aromatic N) is 1. The second kappa shape index (κ2) is 8.09. The van der Waals surface area contributed by atoms with Crippen LogP contribution in [0.15, 0.2) is 59.8 Å². The quantitative estimate of drug-likeness (QED) is 0.275. The van der Waals surface area contributed by atoms with Crippen LogP contribution in [0, 0.1) is 0 Å². The number of benzene rings is 3. The summed E-state index contributed by atoms with van der Waals surface area (Å²) in [7, 11) is 2.97. The van der Waals surface area contributed by atoms with Crippen molar-refractivity contribution in [3.63, 3.8) is 0 Å². The molecule has 32 heavy (non-hydrogen) atoms. The first-order valence-electron chi connectivity index (χ1n) is 11.1. The van der Waals surface area contributed by atoms with Crippen molar-refractivity contribution in [1.82, 2.24) is 0 Å². The standard InChI is InChI=1S/C28H31NO3/c1-27(2)13-14-28(3,4)24-17-21(11-12-23(24)27)25(29-32-6)20-9-7-19-16-22(26(30)31-5)10-8-18(19)15-20/h7-12,15-17H,13-14H2,1-6H3/b29-25+. The van der Waals surface area contributed by atoms with Crippen LogP contribution in [0.5, 0.6) is 0 Å². The van der Waals surface area contributed by atoms with Crippen LogP contribution in [0.3, 0.4) is 0 Å². The third kappa shape index (κ3) is 3.90. The molecule has 0 bridgehead atoms. The van der Waals surface area contributed by atoms with Crippen LogP contribution in [0.2, 0.25) is 0 Å². The Morgan fingerprint density at radius 1 is 0.750 bits per heavy atom. The van der Waals surface area contributed by atoms with Gasteiger partial charge in [-0.15, -0.1) is 0 Å². The molecule has 166 valence electrons. The number of hydrogen-bond acceptors (Lipinski definition) is 4. The van der Waals surface area contributed by atoms with E-state index in [9.17, 15) is 4.79 Å². The van der Waals surface area contributed by atoms with Crippen molar-refractivity contribution in [3.8, 4) is 0 Å². The van der Waals surface area contributed by atoms with Crippen molar-refractivity contribution < 1.29 is 14.4 Å². The van der Waals surface area contributed by atoms with E-state index in [4.69, 9.17) is 9.57 Å². The lowest BCUT2D eigenvalue weighted by atomic mass is 9.63. The molecule has 0 spiro atoms. The molecule has 1 aliphatic rings. The summed E-state index contributed by atoms with van der Waals surface area (Å²) in [6.07, 6.45) is 2.34. The Bertz CT molecular complexity index is 1220. The molecule has 1 aliphatic carbocycles. The Balaban J connectivity index is 1.80. The predicted molar refractivity (Wildman–Crippen MR) is 130 cm³/mol. The van der Waals surface area contributed by atoms with Gasteiger partial charge in [-0.25, -0.2) is 4.79 Å². The van der Waals surface area contributed by atoms with Crippen molar-refractivity contribution in [2.45, 2.75) is 51.4 Å². The van der Waals surface area contributed by atoms with Crippen LogP contribution in [-0.4, -0.2) is 25.9 Å². The molecular formula is C28H31NO3. The van der Waals surface area contributed by atoms with Gasteiger partial charge in [-0.1, -0.05) is 63.2 Å². The van der Waals surface area contributed by atoms with E-state index in [-0.39, 0.29) is 16.8 Å². The van der Waals surface area contributed by atoms with Crippen molar-refractivity contribution in [2.24, 2.45) is 5.16 Å². The van der Waals surface area contributed by atoms with Gasteiger partial charge in [0.05, 0.1) is 12.7 Å². The van der Waals surface area contributed by atoms with E-state index in [0.717, 1.165) is 34.0 Å². The number of esters is 1. The van der Waals surface area contributed by atoms with Crippen LogP contribution in [-0.2, 0) is 20.4 Å². The molecule has 4 nitrogen and oxygen atoms in total. The fraction of sp³-hybridized carbons (Fsp3) is 0.357. The highest BCUT2D eigenvalue weighted by molar-refractivity contribution is 6.14. The number of carbonyl (C=O) groups excluding carboxylic acids is 1. The van der Waals surface area contributed by atoms with Crippen LogP contribution in [0.25, 0.3) is 10.8 Å². The van der Waals surface area contributed by atoms with E-state index in [1.165, 1.54) is 24.7 Å². The molecular weight excluding hydrogens is 398 g/mol. The first-order chi connectivity index (χ1) is 15.2. The van der Waals surface area contributed by atoms with Gasteiger partial charge in [-0.3, -0.25) is 0 Å². The van der Waals surface area contributed by atoms with Crippen molar-refractivity contribution in [1.29, 1.82) is 0 Å². The van der Waals surface area contributed by atoms with Crippen LogP contribution >= 0.6 is 0 Å². The van der Waals surface area contributed by atoms with Gasteiger partial charge in [0.2, 0.25) is 0 Å². The smallest absolute Gasteiger partial charge is 0.337 e. The lowest BCUT2D eigenvalue weighted by Crippen LogP contribution is -2.34. The molecule has 4 rings (SSSR count). The Hall–Kier alpha value is -3.14. The Kier molecular flexibility index (Phi) is 5.58. The predicted octanol–water partition coefficient (Wildman–Crippen LogP) is 6.37. The summed E-state index contributed by atoms with van der Waals surface area (Å²) in [5.74, 6) is -0.336. The molecule has 0 aliphatic heterocycles. The van der Waals surface area contributed by atoms with E-state index in [2.05, 4.69) is 57.1 Å². The lowest BCUT2D eigenvalue weighted by molar-refractivity contribution is 0.0601. The van der Waals surface area contributed by atoms with E-state index >= 15 is 0 Å². The summed E-state index contributed by atoms with van der Waals surface area (Å²) in [6, 6.07) is 18.4. The lowest BCUT2D eigenvalue weighted by Gasteiger charge is -2.42. The van der Waals surface area contributed by atoms with Gasteiger partial charge in [0.25, 0.3) is 0 Å². The molecule has 0 amide bonds. The normalized spacial score (nSPS) is 17.0. The first kappa shape index (κ1) is 22.1. The second-order valence-electron chi connectivity index (χ2n) is 9.92. The molecule has 0 saturated carbocycles. The number of carbonyl (C=O) groups is 1. The van der Waals surface area contributed by atoms with Crippen molar-refractivity contribution >= 4 is 22.5 Å². The average molecular weight is 430 g/mol. The molecule has 0 radical (unpaired) electrons. The topological polar surface area (TPSA) is 47.9 Å². The molecule has 0 unspecified atom stereocenters. The molecule has 0 aromatic heterocycles. The fourth-order valence-electron chi connectivity index (χ4n) is 4.74. The zero-order chi connectivity index (χ0) is 23.1. The zero-order valence-electron chi connectivity index (χ0n) is 19.8. The minimum absolute atomic E-state index is 0.118. The van der Waals surface area contributed by atoms with Crippen molar-refractivity contribution in [2.75, 3.05) is 14.2 Å². The summed E-state index contributed by atoms with van der Waals surface area (Å²) in [5.41, 5.74) is 6.45. The van der Waals surface area contributed by atoms with Gasteiger partial charge >= 0.3 is 5.97 Å². The summed E-state index contributed by atoms with van der Waals surface area (Å²) < 4.78 is 4.84. The maximum absolute atomic E-state index is 11.9. The summed E-state index contributed by atoms with van der Waals surface area (Å²) in [6.45, 7) is 9.31. The van der Waals surface area contributed by atoms with Gasteiger partial charge in [0, 0.05) is 11.1 Å². The SMILES string of the molecule is CO/N=C(/c1ccc2c(c1)C(C)(C)CCC2(C)C)c1ccc2cc(C(=O)OC)ccc2c1. The first-order valence-corrected chi connectivity index (χ1v) is 11.1. The van der Waals surface area contributed by atoms with Crippen molar-refractivity contribution in [3.05, 3.63) is 82.4 Å². The third-order valence-corrected chi connectivity index (χ3v) is 6.84. The molecule has 0 N–H and O–H groups in total. The number of oxime groups is 1. The average Bonchev–Trinajstić information content (AvgIpc) is 2.79. The van der Waals surface area contributed by atoms with E-state index < -0.39 is 0 Å². The number of rotatable bonds is 4. The van der Waals surface area contributed by atoms with E-state index in [1.54, 1.807) is 13.2 Å². The van der Waals surface area contributed by atoms with Crippen LogP contribution in [0.1, 0.15) is 73.1 Å². The third-order valence-electron chi connectivity index (χ3n) is 6.84. The summed E-state index contributed by atoms with van der Waals surface area (Å²) >= 11 is 0. The maximum Gasteiger partial charge on any atom is 0.337 e. The summed E-state index contributed by atoms with van der Waals surface area (Å²) in [4.78, 5) is 17.1. The Labute approximate surface area is 190 Å². The van der Waals surface area contributed by atoms with Gasteiger partial charge in [-0.05, 0) is 69.8 Å². The van der Waals surface area contributed by atoms with E-state index in [0.29, 0.717) is 5.56 Å². The highest BCUT2D eigenvalue weighted by Crippen LogP contribution is 2.46. The van der Waals surface area contributed by atoms with Gasteiger partial charge < -0.3 is 9.57 Å². The van der Waals surface area contributed by atoms with Crippen LogP contribution in [0.4, 0.5) is 0 Å². The monoisotopic (exact) mass is 429 g/mol. The number of methoxy groups -OCH3 is 1. The molecule has 0 saturated heterocycles. The molecule has 0 fully saturated rings. The summed E-state index contributed by atoms with van der Waals surface area (Å²) in [5, 5.41) is 6.41. The highest BCUT2D eigenvalue weighted by Gasteiger charge is 2.37. The molecule has 0 atom stereocenters. The van der Waals surface area contributed by atoms with Crippen LogP contribution < -0.4 is 0 Å².